The van der Waals surface area contributed by atoms with E-state index in [-0.39, 0.29) is 39.8 Å². The molecular weight excluding hydrogens is 639 g/mol. The average Bonchev–Trinajstić information content (AvgIpc) is 3.05. The SMILES string of the molecule is CC(C)(C)c1ccc(N2c3cc(C(C)(C)C)ccc3B3c4ccc(C(C)(C)C)cc4C(c4cc[n+](C(C)(C)C)cc4)c4cc(C(C)(C)C)cc2c43)cc1. The summed E-state index contributed by atoms with van der Waals surface area (Å²) in [5.74, 6) is 0.106. The first-order valence-electron chi connectivity index (χ1n) is 19.8. The van der Waals surface area contributed by atoms with Crippen LogP contribution in [0, 0.1) is 0 Å². The number of benzene rings is 4. The third-order valence-electron chi connectivity index (χ3n) is 11.9. The molecule has 0 saturated heterocycles. The van der Waals surface area contributed by atoms with E-state index in [0.29, 0.717) is 0 Å². The van der Waals surface area contributed by atoms with Gasteiger partial charge >= 0.3 is 0 Å². The lowest BCUT2D eigenvalue weighted by Crippen LogP contribution is -2.62. The van der Waals surface area contributed by atoms with Crippen LogP contribution in [0.2, 0.25) is 0 Å². The summed E-state index contributed by atoms with van der Waals surface area (Å²) in [5.41, 5.74) is 17.9. The second-order valence-corrected chi connectivity index (χ2v) is 21.1. The van der Waals surface area contributed by atoms with Crippen LogP contribution in [0.25, 0.3) is 0 Å². The van der Waals surface area contributed by atoms with Crippen LogP contribution < -0.4 is 25.9 Å². The fourth-order valence-electron chi connectivity index (χ4n) is 8.43. The summed E-state index contributed by atoms with van der Waals surface area (Å²) in [5, 5.41) is 0. The molecule has 1 aromatic heterocycles. The number of hydrogen-bond donors (Lipinski definition) is 0. The molecular formula is C50H62BN2+. The maximum atomic E-state index is 2.60. The van der Waals surface area contributed by atoms with Crippen LogP contribution >= 0.6 is 0 Å². The number of aromatic nitrogens is 1. The van der Waals surface area contributed by atoms with Crippen LogP contribution in [0.5, 0.6) is 0 Å². The van der Waals surface area contributed by atoms with Gasteiger partial charge in [0, 0.05) is 55.9 Å². The quantitative estimate of drug-likeness (QED) is 0.129. The fraction of sp³-hybridized carbons (Fsp3) is 0.420. The minimum absolute atomic E-state index is 0.0114. The molecule has 3 heteroatoms. The number of anilines is 3. The lowest BCUT2D eigenvalue weighted by molar-refractivity contribution is -0.754. The van der Waals surface area contributed by atoms with E-state index in [9.17, 15) is 0 Å². The predicted molar refractivity (Wildman–Crippen MR) is 230 cm³/mol. The van der Waals surface area contributed by atoms with Crippen molar-refractivity contribution < 1.29 is 4.57 Å². The summed E-state index contributed by atoms with van der Waals surface area (Å²) < 4.78 is 2.34. The predicted octanol–water partition coefficient (Wildman–Crippen LogP) is 10.7. The monoisotopic (exact) mass is 702 g/mol. The Morgan fingerprint density at radius 3 is 1.47 bits per heavy atom. The van der Waals surface area contributed by atoms with Crippen molar-refractivity contribution in [3.63, 3.8) is 0 Å². The van der Waals surface area contributed by atoms with E-state index in [2.05, 4.69) is 211 Å². The summed E-state index contributed by atoms with van der Waals surface area (Å²) >= 11 is 0. The molecule has 1 atom stereocenters. The minimum atomic E-state index is -0.0413. The van der Waals surface area contributed by atoms with Gasteiger partial charge in [-0.1, -0.05) is 137 Å². The van der Waals surface area contributed by atoms with Crippen molar-refractivity contribution in [3.05, 3.63) is 136 Å². The number of hydrogen-bond acceptors (Lipinski definition) is 1. The lowest BCUT2D eigenvalue weighted by Gasteiger charge is -2.44. The molecule has 53 heavy (non-hydrogen) atoms. The van der Waals surface area contributed by atoms with Crippen molar-refractivity contribution in [3.8, 4) is 0 Å². The Morgan fingerprint density at radius 2 is 0.943 bits per heavy atom. The summed E-state index contributed by atoms with van der Waals surface area (Å²) in [6.07, 6.45) is 4.59. The number of fused-ring (bicyclic) bond motifs is 4. The molecule has 7 rings (SSSR count). The summed E-state index contributed by atoms with van der Waals surface area (Å²) in [4.78, 5) is 2.60. The molecule has 0 radical (unpaired) electrons. The molecule has 5 aromatic rings. The van der Waals surface area contributed by atoms with E-state index in [1.807, 2.05) is 0 Å². The Hall–Kier alpha value is -4.11. The van der Waals surface area contributed by atoms with Crippen molar-refractivity contribution in [1.82, 2.24) is 0 Å². The number of pyridine rings is 1. The zero-order valence-corrected chi connectivity index (χ0v) is 35.3. The van der Waals surface area contributed by atoms with E-state index >= 15 is 0 Å². The average molecular weight is 702 g/mol. The van der Waals surface area contributed by atoms with Crippen LogP contribution in [0.1, 0.15) is 149 Å². The van der Waals surface area contributed by atoms with Gasteiger partial charge in [-0.15, -0.1) is 0 Å². The summed E-state index contributed by atoms with van der Waals surface area (Å²) in [7, 11) is 0. The summed E-state index contributed by atoms with van der Waals surface area (Å²) in [6, 6.07) is 34.1. The van der Waals surface area contributed by atoms with Crippen LogP contribution in [-0.4, -0.2) is 6.71 Å². The van der Waals surface area contributed by atoms with Crippen molar-refractivity contribution >= 4 is 40.2 Å². The van der Waals surface area contributed by atoms with Crippen molar-refractivity contribution in [1.29, 1.82) is 0 Å². The molecule has 0 saturated carbocycles. The Balaban J connectivity index is 1.60. The molecule has 274 valence electrons. The van der Waals surface area contributed by atoms with Crippen LogP contribution in [0.3, 0.4) is 0 Å². The second kappa shape index (κ2) is 12.2. The molecule has 0 N–H and O–H groups in total. The van der Waals surface area contributed by atoms with Gasteiger partial charge in [0.25, 0.3) is 0 Å². The van der Waals surface area contributed by atoms with E-state index in [4.69, 9.17) is 0 Å². The van der Waals surface area contributed by atoms with Crippen molar-refractivity contribution in [2.75, 3.05) is 4.90 Å². The van der Waals surface area contributed by atoms with Gasteiger partial charge in [0.15, 0.2) is 17.9 Å². The highest BCUT2D eigenvalue weighted by Crippen LogP contribution is 2.46. The van der Waals surface area contributed by atoms with Crippen LogP contribution in [0.4, 0.5) is 17.1 Å². The zero-order chi connectivity index (χ0) is 38.6. The maximum Gasteiger partial charge on any atom is 0.247 e. The molecule has 0 spiro atoms. The van der Waals surface area contributed by atoms with Crippen molar-refractivity contribution in [2.24, 2.45) is 0 Å². The van der Waals surface area contributed by atoms with Gasteiger partial charge in [0.2, 0.25) is 6.71 Å². The first-order chi connectivity index (χ1) is 24.4. The molecule has 4 aromatic carbocycles. The third kappa shape index (κ3) is 6.57. The Kier molecular flexibility index (Phi) is 8.57. The summed E-state index contributed by atoms with van der Waals surface area (Å²) in [6.45, 7) is 35.0. The lowest BCUT2D eigenvalue weighted by atomic mass is 9.31. The molecule has 0 aliphatic carbocycles. The van der Waals surface area contributed by atoms with Gasteiger partial charge in [-0.3, -0.25) is 0 Å². The van der Waals surface area contributed by atoms with E-state index in [1.165, 1.54) is 72.4 Å². The molecule has 0 bridgehead atoms. The fourth-order valence-corrected chi connectivity index (χ4v) is 8.43. The molecule has 2 nitrogen and oxygen atoms in total. The smallest absolute Gasteiger partial charge is 0.247 e. The molecule has 2 aliphatic heterocycles. The number of rotatable bonds is 2. The standard InChI is InChI=1S/C50H62BN2/c1-46(2,3)33-16-20-37(21-17-33)53-42-30-35(48(7,8)9)19-23-41(42)51-40-22-18-34(47(4,5)6)28-38(40)44(32-24-26-52(27-25-32)50(13,14)15)39-29-36(49(10,11)12)31-43(53)45(39)51/h16-31,44H,1-15H3/q+1. The van der Waals surface area contributed by atoms with E-state index in [1.54, 1.807) is 0 Å². The minimum Gasteiger partial charge on any atom is -0.311 e. The van der Waals surface area contributed by atoms with Gasteiger partial charge in [0.1, 0.15) is 0 Å². The maximum absolute atomic E-state index is 2.60. The van der Waals surface area contributed by atoms with Gasteiger partial charge in [-0.2, -0.15) is 0 Å². The van der Waals surface area contributed by atoms with Crippen molar-refractivity contribution in [2.45, 2.75) is 137 Å². The largest absolute Gasteiger partial charge is 0.311 e. The van der Waals surface area contributed by atoms with Crippen LogP contribution in [-0.2, 0) is 27.2 Å². The Bertz CT molecular complexity index is 2040. The molecule has 1 unspecified atom stereocenters. The molecule has 2 aliphatic rings. The third-order valence-corrected chi connectivity index (χ3v) is 11.9. The first-order valence-corrected chi connectivity index (χ1v) is 19.8. The van der Waals surface area contributed by atoms with E-state index < -0.39 is 0 Å². The van der Waals surface area contributed by atoms with Gasteiger partial charge in [-0.25, -0.2) is 4.57 Å². The van der Waals surface area contributed by atoms with Crippen LogP contribution in [0.15, 0.2) is 97.3 Å². The van der Waals surface area contributed by atoms with Gasteiger partial charge in [0.05, 0.1) is 0 Å². The van der Waals surface area contributed by atoms with E-state index in [0.717, 1.165) is 0 Å². The molecule has 3 heterocycles. The molecule has 0 amide bonds. The highest BCUT2D eigenvalue weighted by Gasteiger charge is 2.45. The first kappa shape index (κ1) is 37.2. The highest BCUT2D eigenvalue weighted by atomic mass is 15.2. The highest BCUT2D eigenvalue weighted by molar-refractivity contribution is 6.99. The normalized spacial score (nSPS) is 15.9. The number of nitrogens with zero attached hydrogens (tertiary/aromatic N) is 2. The Labute approximate surface area is 321 Å². The van der Waals surface area contributed by atoms with Gasteiger partial charge in [-0.05, 0) is 95.8 Å². The zero-order valence-electron chi connectivity index (χ0n) is 35.3. The Morgan fingerprint density at radius 1 is 0.472 bits per heavy atom. The van der Waals surface area contributed by atoms with Gasteiger partial charge < -0.3 is 4.90 Å². The molecule has 0 fully saturated rings. The topological polar surface area (TPSA) is 7.12 Å². The second-order valence-electron chi connectivity index (χ2n) is 21.1.